The molecule has 0 spiro atoms. The highest BCUT2D eigenvalue weighted by atomic mass is 79.9. The van der Waals surface area contributed by atoms with Gasteiger partial charge in [-0.15, -0.1) is 5.10 Å². The molecule has 8 heteroatoms. The SMILES string of the molecule is CCCn1nnnc1COC(=O)c1cc(Br)ccc1Cl. The first kappa shape index (κ1) is 14.9. The minimum absolute atomic E-state index is 0.00861. The monoisotopic (exact) mass is 358 g/mol. The van der Waals surface area contributed by atoms with Crippen molar-refractivity contribution in [2.24, 2.45) is 0 Å². The quantitative estimate of drug-likeness (QED) is 0.768. The van der Waals surface area contributed by atoms with Crippen molar-refractivity contribution < 1.29 is 9.53 Å². The van der Waals surface area contributed by atoms with E-state index in [1.54, 1.807) is 22.9 Å². The summed E-state index contributed by atoms with van der Waals surface area (Å²) in [5, 5.41) is 11.5. The Morgan fingerprint density at radius 1 is 1.50 bits per heavy atom. The molecule has 0 bridgehead atoms. The van der Waals surface area contributed by atoms with Crippen molar-refractivity contribution in [1.82, 2.24) is 20.2 Å². The van der Waals surface area contributed by atoms with Crippen molar-refractivity contribution in [3.8, 4) is 0 Å². The van der Waals surface area contributed by atoms with Crippen LogP contribution in [0.25, 0.3) is 0 Å². The van der Waals surface area contributed by atoms with Gasteiger partial charge in [0.05, 0.1) is 10.6 Å². The predicted molar refractivity (Wildman–Crippen MR) is 76.4 cm³/mol. The fourth-order valence-corrected chi connectivity index (χ4v) is 2.13. The highest BCUT2D eigenvalue weighted by molar-refractivity contribution is 9.10. The molecule has 0 unspecified atom stereocenters. The Morgan fingerprint density at radius 2 is 2.30 bits per heavy atom. The Morgan fingerprint density at radius 3 is 3.05 bits per heavy atom. The zero-order valence-electron chi connectivity index (χ0n) is 10.7. The highest BCUT2D eigenvalue weighted by Gasteiger charge is 2.14. The number of rotatable bonds is 5. The normalized spacial score (nSPS) is 10.6. The summed E-state index contributed by atoms with van der Waals surface area (Å²) in [6.45, 7) is 2.70. The lowest BCUT2D eigenvalue weighted by Crippen LogP contribution is -2.11. The second-order valence-corrected chi connectivity index (χ2v) is 5.34. The van der Waals surface area contributed by atoms with Gasteiger partial charge in [-0.3, -0.25) is 0 Å². The molecule has 0 aliphatic heterocycles. The van der Waals surface area contributed by atoms with Gasteiger partial charge in [0.15, 0.2) is 12.4 Å². The fraction of sp³-hybridized carbons (Fsp3) is 0.333. The summed E-state index contributed by atoms with van der Waals surface area (Å²) >= 11 is 9.25. The maximum Gasteiger partial charge on any atom is 0.340 e. The van der Waals surface area contributed by atoms with Crippen molar-refractivity contribution in [1.29, 1.82) is 0 Å². The van der Waals surface area contributed by atoms with E-state index in [0.717, 1.165) is 10.9 Å². The number of halogens is 2. The van der Waals surface area contributed by atoms with E-state index in [0.29, 0.717) is 23.0 Å². The molecule has 0 fully saturated rings. The van der Waals surface area contributed by atoms with Crippen LogP contribution in [0.2, 0.25) is 5.02 Å². The number of aryl methyl sites for hydroxylation is 1. The molecule has 0 radical (unpaired) electrons. The first-order valence-corrected chi connectivity index (χ1v) is 7.16. The number of benzene rings is 1. The predicted octanol–water partition coefficient (Wildman–Crippen LogP) is 2.86. The van der Waals surface area contributed by atoms with Crippen molar-refractivity contribution in [2.45, 2.75) is 26.5 Å². The number of ether oxygens (including phenoxy) is 1. The minimum atomic E-state index is -0.512. The Labute approximate surface area is 129 Å². The number of hydrogen-bond donors (Lipinski definition) is 0. The number of aromatic nitrogens is 4. The second kappa shape index (κ2) is 6.81. The van der Waals surface area contributed by atoms with Crippen LogP contribution in [-0.4, -0.2) is 26.2 Å². The maximum atomic E-state index is 12.0. The third kappa shape index (κ3) is 3.55. The van der Waals surface area contributed by atoms with Gasteiger partial charge >= 0.3 is 5.97 Å². The van der Waals surface area contributed by atoms with E-state index in [1.807, 2.05) is 6.92 Å². The van der Waals surface area contributed by atoms with Crippen molar-refractivity contribution in [3.63, 3.8) is 0 Å². The third-order valence-corrected chi connectivity index (χ3v) is 3.34. The Kier molecular flexibility index (Phi) is 5.08. The van der Waals surface area contributed by atoms with Gasteiger partial charge in [0.25, 0.3) is 0 Å². The molecule has 6 nitrogen and oxygen atoms in total. The van der Waals surface area contributed by atoms with Gasteiger partial charge in [-0.2, -0.15) is 0 Å². The third-order valence-electron chi connectivity index (χ3n) is 2.52. The zero-order valence-corrected chi connectivity index (χ0v) is 13.1. The number of nitrogens with zero attached hydrogens (tertiary/aromatic N) is 4. The van der Waals surface area contributed by atoms with Crippen LogP contribution < -0.4 is 0 Å². The van der Waals surface area contributed by atoms with Crippen LogP contribution in [0.4, 0.5) is 0 Å². The van der Waals surface area contributed by atoms with E-state index in [9.17, 15) is 4.79 Å². The van der Waals surface area contributed by atoms with E-state index in [4.69, 9.17) is 16.3 Å². The molecule has 0 aliphatic carbocycles. The van der Waals surface area contributed by atoms with E-state index in [1.165, 1.54) is 0 Å². The van der Waals surface area contributed by atoms with Gasteiger partial charge < -0.3 is 4.74 Å². The van der Waals surface area contributed by atoms with E-state index < -0.39 is 5.97 Å². The van der Waals surface area contributed by atoms with Gasteiger partial charge in [0, 0.05) is 11.0 Å². The summed E-state index contributed by atoms with van der Waals surface area (Å²) in [6, 6.07) is 4.99. The summed E-state index contributed by atoms with van der Waals surface area (Å²) in [5.74, 6) is -0.00586. The maximum absolute atomic E-state index is 12.0. The average molecular weight is 360 g/mol. The van der Waals surface area contributed by atoms with Gasteiger partial charge in [-0.25, -0.2) is 9.48 Å². The van der Waals surface area contributed by atoms with E-state index >= 15 is 0 Å². The van der Waals surface area contributed by atoms with E-state index in [2.05, 4.69) is 31.5 Å². The molecule has 0 aliphatic rings. The van der Waals surface area contributed by atoms with Crippen LogP contribution >= 0.6 is 27.5 Å². The van der Waals surface area contributed by atoms with Crippen molar-refractivity contribution >= 4 is 33.5 Å². The minimum Gasteiger partial charge on any atom is -0.454 e. The Hall–Kier alpha value is -1.47. The molecule has 0 saturated carbocycles. The Bertz CT molecular complexity index is 617. The van der Waals surface area contributed by atoms with Crippen LogP contribution in [0.5, 0.6) is 0 Å². The van der Waals surface area contributed by atoms with Crippen LogP contribution in [-0.2, 0) is 17.9 Å². The lowest BCUT2D eigenvalue weighted by Gasteiger charge is -2.06. The molecule has 2 rings (SSSR count). The first-order valence-electron chi connectivity index (χ1n) is 5.99. The molecule has 106 valence electrons. The molecule has 20 heavy (non-hydrogen) atoms. The smallest absolute Gasteiger partial charge is 0.340 e. The fourth-order valence-electron chi connectivity index (χ4n) is 1.57. The highest BCUT2D eigenvalue weighted by Crippen LogP contribution is 2.22. The van der Waals surface area contributed by atoms with Crippen molar-refractivity contribution in [3.05, 3.63) is 39.1 Å². The van der Waals surface area contributed by atoms with Crippen LogP contribution in [0.15, 0.2) is 22.7 Å². The van der Waals surface area contributed by atoms with Crippen LogP contribution in [0.1, 0.15) is 29.5 Å². The van der Waals surface area contributed by atoms with Gasteiger partial charge in [0.2, 0.25) is 0 Å². The van der Waals surface area contributed by atoms with Crippen molar-refractivity contribution in [2.75, 3.05) is 0 Å². The lowest BCUT2D eigenvalue weighted by molar-refractivity contribution is 0.0456. The summed E-state index contributed by atoms with van der Waals surface area (Å²) in [5.41, 5.74) is 0.301. The molecule has 0 N–H and O–H groups in total. The first-order chi connectivity index (χ1) is 9.61. The molecule has 0 atom stereocenters. The molecule has 1 aromatic heterocycles. The van der Waals surface area contributed by atoms with Gasteiger partial charge in [0.1, 0.15) is 0 Å². The number of hydrogen-bond acceptors (Lipinski definition) is 5. The number of tetrazole rings is 1. The van der Waals surface area contributed by atoms with Crippen LogP contribution in [0, 0.1) is 0 Å². The van der Waals surface area contributed by atoms with Crippen LogP contribution in [0.3, 0.4) is 0 Å². The largest absolute Gasteiger partial charge is 0.454 e. The topological polar surface area (TPSA) is 69.9 Å². The number of carbonyl (C=O) groups excluding carboxylic acids is 1. The van der Waals surface area contributed by atoms with Gasteiger partial charge in [-0.05, 0) is 35.0 Å². The molecule has 0 amide bonds. The average Bonchev–Trinajstić information content (AvgIpc) is 2.87. The second-order valence-electron chi connectivity index (χ2n) is 4.02. The summed E-state index contributed by atoms with van der Waals surface area (Å²) in [6.07, 6.45) is 0.892. The molecule has 2 aromatic rings. The number of esters is 1. The molecule has 1 heterocycles. The summed E-state index contributed by atoms with van der Waals surface area (Å²) in [7, 11) is 0. The Balaban J connectivity index is 2.05. The summed E-state index contributed by atoms with van der Waals surface area (Å²) in [4.78, 5) is 12.0. The molecular formula is C12H12BrClN4O2. The molecular weight excluding hydrogens is 348 g/mol. The lowest BCUT2D eigenvalue weighted by atomic mass is 10.2. The number of carbonyl (C=O) groups is 1. The van der Waals surface area contributed by atoms with E-state index in [-0.39, 0.29) is 6.61 Å². The standard InChI is InChI=1S/C12H12BrClN4O2/c1-2-5-18-11(15-16-17-18)7-20-12(19)9-6-8(13)3-4-10(9)14/h3-4,6H,2,5,7H2,1H3. The summed E-state index contributed by atoms with van der Waals surface area (Å²) < 4.78 is 7.55. The molecule has 1 aromatic carbocycles. The van der Waals surface area contributed by atoms with Gasteiger partial charge in [-0.1, -0.05) is 34.5 Å². The molecule has 0 saturated heterocycles. The zero-order chi connectivity index (χ0) is 14.5.